The normalized spacial score (nSPS) is 23.9. The summed E-state index contributed by atoms with van der Waals surface area (Å²) in [5.41, 5.74) is 2.19. The molecule has 47 heavy (non-hydrogen) atoms. The summed E-state index contributed by atoms with van der Waals surface area (Å²) in [6.07, 6.45) is 20.4. The zero-order valence-corrected chi connectivity index (χ0v) is 29.1. The standard InChI is InChI=1S/C19H24N2OS.C10H9NO2S.C9H17N/c22-19(21-11-5-7-14-6-1-4-10-17(14)21)13-23-18-12-20-16-9-3-2-8-15(16)18;12-10(13)6-14-9-5-11-8-4-2-1-3-7(8)9;1-2-6-9-8(4-1)5-3-7-10-9/h2-3,8-9,12,14,17,20H,1,4-7,10-11,13H2;1-5,11H,6H2,(H,12,13);8-10H,1-7H2. The maximum absolute atomic E-state index is 12.8. The summed E-state index contributed by atoms with van der Waals surface area (Å²) in [5.74, 6) is 2.01. The summed E-state index contributed by atoms with van der Waals surface area (Å²) >= 11 is 3.01. The quantitative estimate of drug-likeness (QED) is 0.153. The molecule has 2 saturated heterocycles. The molecule has 4 heterocycles. The van der Waals surface area contributed by atoms with Crippen LogP contribution in [0.15, 0.2) is 70.7 Å². The van der Waals surface area contributed by atoms with E-state index in [0.29, 0.717) is 17.7 Å². The summed E-state index contributed by atoms with van der Waals surface area (Å²) in [4.78, 5) is 33.9. The monoisotopic (exact) mass is 674 g/mol. The van der Waals surface area contributed by atoms with Crippen LogP contribution in [0.3, 0.4) is 0 Å². The average molecular weight is 675 g/mol. The highest BCUT2D eigenvalue weighted by molar-refractivity contribution is 8.00. The number of hydrogen-bond donors (Lipinski definition) is 4. The Morgan fingerprint density at radius 2 is 1.28 bits per heavy atom. The molecule has 252 valence electrons. The predicted octanol–water partition coefficient (Wildman–Crippen LogP) is 8.71. The maximum Gasteiger partial charge on any atom is 0.313 e. The van der Waals surface area contributed by atoms with Gasteiger partial charge < -0.3 is 25.3 Å². The van der Waals surface area contributed by atoms with Gasteiger partial charge in [0, 0.05) is 62.6 Å². The van der Waals surface area contributed by atoms with Crippen LogP contribution in [0.1, 0.15) is 77.0 Å². The third-order valence-corrected chi connectivity index (χ3v) is 12.5. The number of aromatic nitrogens is 2. The molecule has 4 fully saturated rings. The van der Waals surface area contributed by atoms with Crippen LogP contribution in [-0.4, -0.2) is 68.5 Å². The van der Waals surface area contributed by atoms with Gasteiger partial charge in [-0.05, 0) is 81.9 Å². The van der Waals surface area contributed by atoms with E-state index < -0.39 is 5.97 Å². The Hall–Kier alpha value is -2.88. The van der Waals surface area contributed by atoms with Crippen molar-refractivity contribution in [2.24, 2.45) is 11.8 Å². The first-order valence-corrected chi connectivity index (χ1v) is 19.7. The molecule has 7 nitrogen and oxygen atoms in total. The van der Waals surface area contributed by atoms with Crippen molar-refractivity contribution in [3.8, 4) is 0 Å². The number of carbonyl (C=O) groups excluding carboxylic acids is 1. The molecule has 9 heteroatoms. The van der Waals surface area contributed by atoms with Crippen molar-refractivity contribution in [3.05, 3.63) is 60.9 Å². The SMILES string of the molecule is C1CCC2NCCCC2C1.O=C(CSc1c[nH]c2ccccc12)N1CCCC2CCCCC21.O=C(O)CSc1c[nH]c2ccccc12. The highest BCUT2D eigenvalue weighted by atomic mass is 32.2. The van der Waals surface area contributed by atoms with Crippen LogP contribution in [0.25, 0.3) is 21.8 Å². The first-order chi connectivity index (χ1) is 23.1. The molecule has 2 aromatic heterocycles. The van der Waals surface area contributed by atoms with Crippen molar-refractivity contribution < 1.29 is 14.7 Å². The minimum atomic E-state index is -0.791. The lowest BCUT2D eigenvalue weighted by Crippen LogP contribution is -2.50. The van der Waals surface area contributed by atoms with Gasteiger partial charge >= 0.3 is 5.97 Å². The van der Waals surface area contributed by atoms with Gasteiger partial charge in [0.2, 0.25) is 5.91 Å². The van der Waals surface area contributed by atoms with E-state index in [2.05, 4.69) is 38.4 Å². The largest absolute Gasteiger partial charge is 0.481 e. The number of thioether (sulfide) groups is 2. The summed E-state index contributed by atoms with van der Waals surface area (Å²) in [6, 6.07) is 17.6. The minimum Gasteiger partial charge on any atom is -0.481 e. The number of fused-ring (bicyclic) bond motifs is 4. The Kier molecular flexibility index (Phi) is 12.3. The van der Waals surface area contributed by atoms with E-state index in [-0.39, 0.29) is 5.75 Å². The van der Waals surface area contributed by atoms with Crippen molar-refractivity contribution in [2.75, 3.05) is 24.6 Å². The third kappa shape index (κ3) is 8.98. The van der Waals surface area contributed by atoms with Gasteiger partial charge in [-0.3, -0.25) is 9.59 Å². The molecule has 0 radical (unpaired) electrons. The number of carboxylic acids is 1. The van der Waals surface area contributed by atoms with Crippen LogP contribution in [0.4, 0.5) is 0 Å². The number of aliphatic carboxylic acids is 1. The number of hydrogen-bond acceptors (Lipinski definition) is 5. The molecular weight excluding hydrogens is 625 g/mol. The number of nitrogens with zero attached hydrogens (tertiary/aromatic N) is 1. The first kappa shape index (κ1) is 34.0. The fourth-order valence-electron chi connectivity index (χ4n) is 8.10. The number of amides is 1. The zero-order valence-electron chi connectivity index (χ0n) is 27.4. The molecule has 4 unspecified atom stereocenters. The number of rotatable bonds is 6. The van der Waals surface area contributed by atoms with Crippen molar-refractivity contribution in [2.45, 2.75) is 98.9 Å². The highest BCUT2D eigenvalue weighted by Gasteiger charge is 2.35. The van der Waals surface area contributed by atoms with Gasteiger partial charge in [-0.15, -0.1) is 23.5 Å². The molecule has 4 aromatic rings. The molecule has 2 saturated carbocycles. The van der Waals surface area contributed by atoms with E-state index >= 15 is 0 Å². The number of likely N-dealkylation sites (tertiary alicyclic amines) is 1. The molecule has 4 atom stereocenters. The molecule has 2 aliphatic carbocycles. The molecule has 8 rings (SSSR count). The number of carbonyl (C=O) groups is 2. The van der Waals surface area contributed by atoms with Crippen LogP contribution >= 0.6 is 23.5 Å². The van der Waals surface area contributed by atoms with Crippen LogP contribution < -0.4 is 5.32 Å². The lowest BCUT2D eigenvalue weighted by Gasteiger charge is -2.44. The third-order valence-electron chi connectivity index (χ3n) is 10.4. The second-order valence-corrected chi connectivity index (χ2v) is 15.5. The minimum absolute atomic E-state index is 0.0991. The van der Waals surface area contributed by atoms with Gasteiger partial charge in [0.05, 0.1) is 11.5 Å². The van der Waals surface area contributed by atoms with Gasteiger partial charge in [0.1, 0.15) is 0 Å². The average Bonchev–Trinajstić information content (AvgIpc) is 3.74. The smallest absolute Gasteiger partial charge is 0.313 e. The molecule has 1 amide bonds. The van der Waals surface area contributed by atoms with E-state index in [1.54, 1.807) is 11.8 Å². The maximum atomic E-state index is 12.8. The molecule has 0 spiro atoms. The summed E-state index contributed by atoms with van der Waals surface area (Å²) in [5, 5.41) is 14.5. The van der Waals surface area contributed by atoms with Crippen molar-refractivity contribution >= 4 is 57.2 Å². The summed E-state index contributed by atoms with van der Waals surface area (Å²) in [7, 11) is 0. The van der Waals surface area contributed by atoms with Gasteiger partial charge in [-0.2, -0.15) is 0 Å². The van der Waals surface area contributed by atoms with Crippen LogP contribution in [0, 0.1) is 11.8 Å². The van der Waals surface area contributed by atoms with E-state index in [1.165, 1.54) is 106 Å². The summed E-state index contributed by atoms with van der Waals surface area (Å²) < 4.78 is 0. The van der Waals surface area contributed by atoms with E-state index in [1.807, 2.05) is 42.7 Å². The Morgan fingerprint density at radius 1 is 0.702 bits per heavy atom. The van der Waals surface area contributed by atoms with Crippen molar-refractivity contribution in [1.82, 2.24) is 20.2 Å². The van der Waals surface area contributed by atoms with E-state index in [4.69, 9.17) is 5.11 Å². The Balaban J connectivity index is 0.000000136. The van der Waals surface area contributed by atoms with Gasteiger partial charge in [-0.1, -0.05) is 62.1 Å². The summed E-state index contributed by atoms with van der Waals surface area (Å²) in [6.45, 7) is 2.25. The van der Waals surface area contributed by atoms with Gasteiger partial charge in [0.15, 0.2) is 0 Å². The molecule has 0 bridgehead atoms. The number of carboxylic acid groups (broad SMARTS) is 1. The number of piperidine rings is 2. The van der Waals surface area contributed by atoms with Crippen LogP contribution in [0.2, 0.25) is 0 Å². The second kappa shape index (κ2) is 17.0. The fraction of sp³-hybridized carbons (Fsp3) is 0.526. The predicted molar refractivity (Wildman–Crippen MR) is 195 cm³/mol. The molecule has 4 aliphatic rings. The van der Waals surface area contributed by atoms with Crippen LogP contribution in [0.5, 0.6) is 0 Å². The molecule has 2 aliphatic heterocycles. The van der Waals surface area contributed by atoms with Gasteiger partial charge in [0.25, 0.3) is 0 Å². The molecule has 2 aromatic carbocycles. The number of H-pyrrole nitrogens is 2. The van der Waals surface area contributed by atoms with Crippen molar-refractivity contribution in [1.29, 1.82) is 0 Å². The molecular formula is C38H50N4O3S2. The number of nitrogens with one attached hydrogen (secondary N) is 3. The lowest BCUT2D eigenvalue weighted by atomic mass is 9.78. The topological polar surface area (TPSA) is 101 Å². The fourth-order valence-corrected chi connectivity index (χ4v) is 9.77. The number of benzene rings is 2. The zero-order chi connectivity index (χ0) is 32.4. The van der Waals surface area contributed by atoms with E-state index in [9.17, 15) is 9.59 Å². The Labute approximate surface area is 287 Å². The first-order valence-electron chi connectivity index (χ1n) is 17.7. The Bertz CT molecular complexity index is 1570. The van der Waals surface area contributed by atoms with Crippen molar-refractivity contribution in [3.63, 3.8) is 0 Å². The number of aromatic amines is 2. The van der Waals surface area contributed by atoms with Gasteiger partial charge in [-0.25, -0.2) is 0 Å². The molecule has 4 N–H and O–H groups in total. The highest BCUT2D eigenvalue weighted by Crippen LogP contribution is 2.36. The Morgan fingerprint density at radius 3 is 1.96 bits per heavy atom. The second-order valence-electron chi connectivity index (χ2n) is 13.5. The van der Waals surface area contributed by atoms with Crippen LogP contribution in [-0.2, 0) is 9.59 Å². The lowest BCUT2D eigenvalue weighted by molar-refractivity contribution is -0.135. The van der Waals surface area contributed by atoms with E-state index in [0.717, 1.165) is 45.7 Å². The number of para-hydroxylation sites is 2.